The summed E-state index contributed by atoms with van der Waals surface area (Å²) in [7, 11) is 0. The van der Waals surface area contributed by atoms with E-state index < -0.39 is 0 Å². The molecule has 0 spiro atoms. The van der Waals surface area contributed by atoms with Gasteiger partial charge in [-0.25, -0.2) is 0 Å². The van der Waals surface area contributed by atoms with Gasteiger partial charge in [-0.3, -0.25) is 0 Å². The number of halogens is 1. The first kappa shape index (κ1) is 11.9. The van der Waals surface area contributed by atoms with E-state index in [-0.39, 0.29) is 17.8 Å². The third-order valence-corrected chi connectivity index (χ3v) is 3.03. The lowest BCUT2D eigenvalue weighted by atomic mass is 9.94. The predicted molar refractivity (Wildman–Crippen MR) is 58.2 cm³/mol. The van der Waals surface area contributed by atoms with Crippen LogP contribution in [0.3, 0.4) is 0 Å². The van der Waals surface area contributed by atoms with E-state index >= 15 is 0 Å². The lowest BCUT2D eigenvalue weighted by Gasteiger charge is -2.15. The largest absolute Gasteiger partial charge is 0.326 e. The topological polar surface area (TPSA) is 26.0 Å². The van der Waals surface area contributed by atoms with Gasteiger partial charge in [0.1, 0.15) is 0 Å². The zero-order chi connectivity index (χ0) is 8.48. The van der Waals surface area contributed by atoms with Gasteiger partial charge in [-0.05, 0) is 22.4 Å². The van der Waals surface area contributed by atoms with Crippen molar-refractivity contribution in [2.24, 2.45) is 5.73 Å². The van der Waals surface area contributed by atoms with Gasteiger partial charge in [-0.2, -0.15) is 0 Å². The molecule has 1 rings (SSSR count). The van der Waals surface area contributed by atoms with Crippen LogP contribution in [-0.2, 0) is 12.0 Å². The molecule has 0 aromatic carbocycles. The first-order chi connectivity index (χ1) is 5.04. The molecule has 0 aliphatic rings. The highest BCUT2D eigenvalue weighted by atomic mass is 35.5. The van der Waals surface area contributed by atoms with Gasteiger partial charge < -0.3 is 5.73 Å². The summed E-state index contributed by atoms with van der Waals surface area (Å²) in [6.45, 7) is 7.32. The Labute approximate surface area is 84.4 Å². The van der Waals surface area contributed by atoms with Crippen LogP contribution < -0.4 is 5.73 Å². The summed E-state index contributed by atoms with van der Waals surface area (Å²) < 4.78 is 0. The van der Waals surface area contributed by atoms with Crippen molar-refractivity contribution in [2.45, 2.75) is 32.7 Å². The fourth-order valence-electron chi connectivity index (χ4n) is 0.876. The van der Waals surface area contributed by atoms with Crippen LogP contribution in [0.4, 0.5) is 0 Å². The van der Waals surface area contributed by atoms with E-state index in [1.807, 2.05) is 0 Å². The highest BCUT2D eigenvalue weighted by Gasteiger charge is 2.15. The zero-order valence-electron chi connectivity index (χ0n) is 7.76. The van der Waals surface area contributed by atoms with Crippen LogP contribution in [0.5, 0.6) is 0 Å². The first-order valence-electron chi connectivity index (χ1n) is 3.82. The molecule has 1 aromatic rings. The summed E-state index contributed by atoms with van der Waals surface area (Å²) in [6.07, 6.45) is 0. The number of hydrogen-bond donors (Lipinski definition) is 1. The summed E-state index contributed by atoms with van der Waals surface area (Å²) in [5.41, 5.74) is 7.04. The number of rotatable bonds is 1. The molecule has 0 aliphatic heterocycles. The van der Waals surface area contributed by atoms with Crippen molar-refractivity contribution >= 4 is 23.7 Å². The Morgan fingerprint density at radius 3 is 2.25 bits per heavy atom. The average molecular weight is 206 g/mol. The first-order valence-corrected chi connectivity index (χ1v) is 4.70. The molecule has 0 saturated heterocycles. The van der Waals surface area contributed by atoms with Gasteiger partial charge in [-0.15, -0.1) is 23.7 Å². The summed E-state index contributed by atoms with van der Waals surface area (Å²) in [5, 5.41) is 2.14. The lowest BCUT2D eigenvalue weighted by molar-refractivity contribution is 0.603. The minimum atomic E-state index is 0. The second-order valence-corrected chi connectivity index (χ2v) is 4.68. The quantitative estimate of drug-likeness (QED) is 0.750. The van der Waals surface area contributed by atoms with Crippen LogP contribution in [0, 0.1) is 0 Å². The third kappa shape index (κ3) is 2.77. The van der Waals surface area contributed by atoms with Crippen LogP contribution in [-0.4, -0.2) is 0 Å². The predicted octanol–water partition coefficient (Wildman–Crippen LogP) is 2.93. The number of hydrogen-bond acceptors (Lipinski definition) is 2. The Hall–Kier alpha value is -0.0500. The van der Waals surface area contributed by atoms with Crippen LogP contribution in [0.2, 0.25) is 0 Å². The molecule has 2 N–H and O–H groups in total. The molecule has 0 atom stereocenters. The summed E-state index contributed by atoms with van der Waals surface area (Å²) in [5.74, 6) is 0. The number of nitrogens with two attached hydrogens (primary N) is 1. The second-order valence-electron chi connectivity index (χ2n) is 3.77. The van der Waals surface area contributed by atoms with Crippen LogP contribution in [0.1, 0.15) is 31.2 Å². The van der Waals surface area contributed by atoms with Crippen molar-refractivity contribution in [3.63, 3.8) is 0 Å². The smallest absolute Gasteiger partial charge is 0.0186 e. The van der Waals surface area contributed by atoms with E-state index in [0.717, 1.165) is 0 Å². The van der Waals surface area contributed by atoms with E-state index in [9.17, 15) is 0 Å². The van der Waals surface area contributed by atoms with E-state index in [0.29, 0.717) is 6.54 Å². The van der Waals surface area contributed by atoms with Gasteiger partial charge in [0.2, 0.25) is 0 Å². The number of thiophene rings is 1. The minimum Gasteiger partial charge on any atom is -0.326 e. The molecule has 0 saturated carbocycles. The Bertz CT molecular complexity index is 237. The van der Waals surface area contributed by atoms with Crippen molar-refractivity contribution in [3.8, 4) is 0 Å². The second kappa shape index (κ2) is 4.26. The van der Waals surface area contributed by atoms with Gasteiger partial charge in [0.25, 0.3) is 0 Å². The highest BCUT2D eigenvalue weighted by Crippen LogP contribution is 2.28. The van der Waals surface area contributed by atoms with E-state index in [1.165, 1.54) is 10.4 Å². The minimum absolute atomic E-state index is 0. The molecule has 0 bridgehead atoms. The van der Waals surface area contributed by atoms with E-state index in [1.54, 1.807) is 11.3 Å². The summed E-state index contributed by atoms with van der Waals surface area (Å²) in [6, 6.07) is 2.20. The standard InChI is InChI=1S/C9H15NS.ClH/c1-9(2,3)8-4-7(5-10)6-11-8;/h4,6H,5,10H2,1-3H3;1H. The van der Waals surface area contributed by atoms with Gasteiger partial charge >= 0.3 is 0 Å². The fraction of sp³-hybridized carbons (Fsp3) is 0.556. The molecular weight excluding hydrogens is 190 g/mol. The van der Waals surface area contributed by atoms with Gasteiger partial charge in [0.05, 0.1) is 0 Å². The van der Waals surface area contributed by atoms with Gasteiger partial charge in [0.15, 0.2) is 0 Å². The summed E-state index contributed by atoms with van der Waals surface area (Å²) in [4.78, 5) is 1.41. The van der Waals surface area contributed by atoms with E-state index in [2.05, 4.69) is 32.2 Å². The van der Waals surface area contributed by atoms with Crippen LogP contribution >= 0.6 is 23.7 Å². The molecule has 1 aromatic heterocycles. The van der Waals surface area contributed by atoms with Crippen molar-refractivity contribution in [2.75, 3.05) is 0 Å². The summed E-state index contributed by atoms with van der Waals surface area (Å²) >= 11 is 1.80. The van der Waals surface area contributed by atoms with E-state index in [4.69, 9.17) is 5.73 Å². The molecule has 0 aliphatic carbocycles. The van der Waals surface area contributed by atoms with Gasteiger partial charge in [0, 0.05) is 11.4 Å². The third-order valence-electron chi connectivity index (χ3n) is 1.63. The van der Waals surface area contributed by atoms with Crippen LogP contribution in [0.25, 0.3) is 0 Å². The van der Waals surface area contributed by atoms with Gasteiger partial charge in [-0.1, -0.05) is 20.8 Å². The monoisotopic (exact) mass is 205 g/mol. The van der Waals surface area contributed by atoms with Crippen molar-refractivity contribution in [1.82, 2.24) is 0 Å². The van der Waals surface area contributed by atoms with Crippen molar-refractivity contribution in [3.05, 3.63) is 21.9 Å². The molecule has 1 nitrogen and oxygen atoms in total. The highest BCUT2D eigenvalue weighted by molar-refractivity contribution is 7.10. The van der Waals surface area contributed by atoms with Crippen molar-refractivity contribution in [1.29, 1.82) is 0 Å². The fourth-order valence-corrected chi connectivity index (χ4v) is 1.89. The average Bonchev–Trinajstić information content (AvgIpc) is 2.32. The van der Waals surface area contributed by atoms with Crippen LogP contribution in [0.15, 0.2) is 11.4 Å². The molecule has 0 unspecified atom stereocenters. The molecule has 0 amide bonds. The normalized spacial score (nSPS) is 11.0. The Morgan fingerprint density at radius 2 is 2.00 bits per heavy atom. The molecule has 12 heavy (non-hydrogen) atoms. The zero-order valence-corrected chi connectivity index (χ0v) is 9.39. The Balaban J connectivity index is 0.00000121. The Morgan fingerprint density at radius 1 is 1.42 bits per heavy atom. The maximum atomic E-state index is 5.51. The maximum absolute atomic E-state index is 5.51. The maximum Gasteiger partial charge on any atom is 0.0186 e. The SMILES string of the molecule is CC(C)(C)c1cc(CN)cs1.Cl. The molecule has 3 heteroatoms. The molecule has 0 fully saturated rings. The molecule has 1 heterocycles. The molecule has 70 valence electrons. The lowest BCUT2D eigenvalue weighted by Crippen LogP contribution is -2.08. The Kier molecular flexibility index (Phi) is 4.24. The molecule has 0 radical (unpaired) electrons. The van der Waals surface area contributed by atoms with Crippen molar-refractivity contribution < 1.29 is 0 Å². The molecular formula is C9H16ClNS.